The molecular weight excluding hydrogens is 304 g/mol. The van der Waals surface area contributed by atoms with Gasteiger partial charge in [-0.3, -0.25) is 4.79 Å². The zero-order valence-electron chi connectivity index (χ0n) is 14.0. The van der Waals surface area contributed by atoms with Crippen LogP contribution in [0.25, 0.3) is 0 Å². The molecule has 1 atom stereocenters. The van der Waals surface area contributed by atoms with Crippen molar-refractivity contribution >= 4 is 17.4 Å². The summed E-state index contributed by atoms with van der Waals surface area (Å²) >= 11 is 0. The highest BCUT2D eigenvalue weighted by Gasteiger charge is 2.28. The molecule has 0 saturated carbocycles. The predicted molar refractivity (Wildman–Crippen MR) is 93.4 cm³/mol. The molecule has 0 spiro atoms. The zero-order valence-corrected chi connectivity index (χ0v) is 14.0. The summed E-state index contributed by atoms with van der Waals surface area (Å²) < 4.78 is 5.22. The van der Waals surface area contributed by atoms with Crippen molar-refractivity contribution in [1.29, 1.82) is 0 Å². The number of piperidine rings is 1. The van der Waals surface area contributed by atoms with Crippen molar-refractivity contribution in [2.75, 3.05) is 30.8 Å². The number of nitrogens with two attached hydrogens (primary N) is 1. The van der Waals surface area contributed by atoms with Crippen LogP contribution in [-0.4, -0.2) is 36.0 Å². The fourth-order valence-electron chi connectivity index (χ4n) is 3.19. The van der Waals surface area contributed by atoms with Gasteiger partial charge in [0.1, 0.15) is 23.7 Å². The van der Waals surface area contributed by atoms with Crippen LogP contribution in [0.15, 0.2) is 30.6 Å². The van der Waals surface area contributed by atoms with Gasteiger partial charge >= 0.3 is 0 Å². The van der Waals surface area contributed by atoms with Crippen LogP contribution < -0.4 is 15.4 Å². The Hall–Kier alpha value is -2.63. The quantitative estimate of drug-likeness (QED) is 0.869. The molecule has 126 valence electrons. The van der Waals surface area contributed by atoms with Gasteiger partial charge in [-0.25, -0.2) is 9.97 Å². The van der Waals surface area contributed by atoms with E-state index in [9.17, 15) is 4.79 Å². The van der Waals surface area contributed by atoms with Gasteiger partial charge in [-0.05, 0) is 43.5 Å². The van der Waals surface area contributed by atoms with Crippen molar-refractivity contribution in [3.63, 3.8) is 0 Å². The summed E-state index contributed by atoms with van der Waals surface area (Å²) in [6, 6.07) is 7.36. The maximum absolute atomic E-state index is 12.9. The summed E-state index contributed by atoms with van der Waals surface area (Å²) in [5.41, 5.74) is 7.46. The van der Waals surface area contributed by atoms with Crippen LogP contribution in [0.5, 0.6) is 5.75 Å². The van der Waals surface area contributed by atoms with E-state index < -0.39 is 0 Å². The van der Waals surface area contributed by atoms with Gasteiger partial charge in [0.2, 0.25) is 0 Å². The number of rotatable bonds is 4. The molecule has 0 unspecified atom stereocenters. The number of aromatic nitrogens is 2. The number of hydrogen-bond donors (Lipinski definition) is 1. The monoisotopic (exact) mass is 326 g/mol. The molecular formula is C18H22N4O2. The van der Waals surface area contributed by atoms with Gasteiger partial charge in [-0.1, -0.05) is 0 Å². The minimum atomic E-state index is -0.0398. The molecule has 6 heteroatoms. The molecule has 1 aromatic carbocycles. The molecule has 1 fully saturated rings. The smallest absolute Gasteiger partial charge is 0.167 e. The van der Waals surface area contributed by atoms with E-state index >= 15 is 0 Å². The normalized spacial score (nSPS) is 17.6. The lowest BCUT2D eigenvalue weighted by Crippen LogP contribution is -2.39. The second-order valence-corrected chi connectivity index (χ2v) is 6.13. The molecule has 1 aliphatic heterocycles. The van der Waals surface area contributed by atoms with Gasteiger partial charge in [0.15, 0.2) is 5.78 Å². The lowest BCUT2D eigenvalue weighted by molar-refractivity contribution is 0.0906. The lowest BCUT2D eigenvalue weighted by Gasteiger charge is -2.33. The Morgan fingerprint density at radius 3 is 2.88 bits per heavy atom. The Bertz CT molecular complexity index is 748. The van der Waals surface area contributed by atoms with E-state index in [1.807, 2.05) is 25.1 Å². The highest BCUT2D eigenvalue weighted by Crippen LogP contribution is 2.27. The number of anilines is 2. The minimum absolute atomic E-state index is 0.0398. The van der Waals surface area contributed by atoms with Crippen molar-refractivity contribution < 1.29 is 9.53 Å². The van der Waals surface area contributed by atoms with E-state index in [0.717, 1.165) is 42.1 Å². The van der Waals surface area contributed by atoms with Gasteiger partial charge in [-0.2, -0.15) is 0 Å². The second kappa shape index (κ2) is 6.86. The fourth-order valence-corrected chi connectivity index (χ4v) is 3.19. The van der Waals surface area contributed by atoms with Crippen molar-refractivity contribution in [1.82, 2.24) is 9.97 Å². The Labute approximate surface area is 141 Å². The molecule has 1 aliphatic rings. The number of nitrogens with zero attached hydrogens (tertiary/aromatic N) is 3. The van der Waals surface area contributed by atoms with E-state index in [1.54, 1.807) is 13.2 Å². The van der Waals surface area contributed by atoms with Crippen molar-refractivity contribution in [2.24, 2.45) is 5.92 Å². The Kier molecular flexibility index (Phi) is 4.64. The largest absolute Gasteiger partial charge is 0.497 e. The summed E-state index contributed by atoms with van der Waals surface area (Å²) in [6.07, 6.45) is 3.31. The Balaban J connectivity index is 1.78. The van der Waals surface area contributed by atoms with Crippen LogP contribution in [-0.2, 0) is 0 Å². The van der Waals surface area contributed by atoms with Crippen LogP contribution in [0.2, 0.25) is 0 Å². The van der Waals surface area contributed by atoms with Gasteiger partial charge in [0, 0.05) is 30.6 Å². The molecule has 2 aromatic rings. The zero-order chi connectivity index (χ0) is 17.1. The molecule has 3 rings (SSSR count). The van der Waals surface area contributed by atoms with Gasteiger partial charge in [0.05, 0.1) is 7.11 Å². The number of nitrogen functional groups attached to an aromatic ring is 1. The topological polar surface area (TPSA) is 81.3 Å². The number of benzene rings is 1. The first-order valence-electron chi connectivity index (χ1n) is 8.10. The first kappa shape index (κ1) is 16.2. The Morgan fingerprint density at radius 2 is 2.17 bits per heavy atom. The minimum Gasteiger partial charge on any atom is -0.497 e. The third kappa shape index (κ3) is 3.32. The van der Waals surface area contributed by atoms with E-state index in [1.165, 1.54) is 6.33 Å². The van der Waals surface area contributed by atoms with E-state index in [4.69, 9.17) is 10.5 Å². The average molecular weight is 326 g/mol. The molecule has 2 heterocycles. The fraction of sp³-hybridized carbons (Fsp3) is 0.389. The van der Waals surface area contributed by atoms with Gasteiger partial charge < -0.3 is 15.4 Å². The van der Waals surface area contributed by atoms with Crippen molar-refractivity contribution in [3.05, 3.63) is 41.7 Å². The van der Waals surface area contributed by atoms with Crippen LogP contribution in [0.1, 0.15) is 28.8 Å². The summed E-state index contributed by atoms with van der Waals surface area (Å²) in [6.45, 7) is 3.48. The van der Waals surface area contributed by atoms with E-state index in [0.29, 0.717) is 12.4 Å². The van der Waals surface area contributed by atoms with Crippen molar-refractivity contribution in [2.45, 2.75) is 19.8 Å². The number of ether oxygens (including phenoxy) is 1. The number of methoxy groups -OCH3 is 1. The molecule has 24 heavy (non-hydrogen) atoms. The number of carbonyl (C=O) groups is 1. The highest BCUT2D eigenvalue weighted by atomic mass is 16.5. The Morgan fingerprint density at radius 1 is 1.33 bits per heavy atom. The molecule has 0 amide bonds. The molecule has 6 nitrogen and oxygen atoms in total. The third-order valence-electron chi connectivity index (χ3n) is 4.49. The molecule has 1 aromatic heterocycles. The van der Waals surface area contributed by atoms with Crippen LogP contribution in [0.4, 0.5) is 11.6 Å². The van der Waals surface area contributed by atoms with Gasteiger partial charge in [-0.15, -0.1) is 0 Å². The second-order valence-electron chi connectivity index (χ2n) is 6.13. The van der Waals surface area contributed by atoms with Crippen LogP contribution in [0.3, 0.4) is 0 Å². The average Bonchev–Trinajstić information content (AvgIpc) is 2.61. The highest BCUT2D eigenvalue weighted by molar-refractivity contribution is 5.99. The third-order valence-corrected chi connectivity index (χ3v) is 4.49. The predicted octanol–water partition coefficient (Wildman–Crippen LogP) is 2.48. The number of carbonyl (C=O) groups excluding carboxylic acids is 1. The summed E-state index contributed by atoms with van der Waals surface area (Å²) in [4.78, 5) is 23.3. The maximum atomic E-state index is 12.9. The van der Waals surface area contributed by atoms with E-state index in [-0.39, 0.29) is 11.7 Å². The summed E-state index contributed by atoms with van der Waals surface area (Å²) in [5, 5.41) is 0. The first-order chi connectivity index (χ1) is 11.6. The maximum Gasteiger partial charge on any atom is 0.167 e. The number of hydrogen-bond acceptors (Lipinski definition) is 6. The first-order valence-corrected chi connectivity index (χ1v) is 8.10. The molecule has 0 radical (unpaired) electrons. The summed E-state index contributed by atoms with van der Waals surface area (Å²) in [5.74, 6) is 2.14. The molecule has 2 N–H and O–H groups in total. The molecule has 1 saturated heterocycles. The van der Waals surface area contributed by atoms with Crippen molar-refractivity contribution in [3.8, 4) is 5.75 Å². The molecule has 0 aliphatic carbocycles. The lowest BCUT2D eigenvalue weighted by atomic mass is 9.88. The summed E-state index contributed by atoms with van der Waals surface area (Å²) in [7, 11) is 1.63. The standard InChI is InChI=1S/C18H22N4O2/c1-12-8-14(24-2)5-6-15(12)18(23)13-4-3-7-22(10-13)17-9-16(19)20-11-21-17/h5-6,8-9,11,13H,3-4,7,10H2,1-2H3,(H2,19,20,21)/t13-/m1/s1. The van der Waals surface area contributed by atoms with Gasteiger partial charge in [0.25, 0.3) is 0 Å². The SMILES string of the molecule is COc1ccc(C(=O)[C@@H]2CCCN(c3cc(N)ncn3)C2)c(C)c1. The van der Waals surface area contributed by atoms with E-state index in [2.05, 4.69) is 14.9 Å². The van der Waals surface area contributed by atoms with Crippen LogP contribution >= 0.6 is 0 Å². The molecule has 0 bridgehead atoms. The van der Waals surface area contributed by atoms with Crippen LogP contribution in [0, 0.1) is 12.8 Å². The number of aryl methyl sites for hydroxylation is 1. The number of Topliss-reactive ketones (excluding diaryl/α,β-unsaturated/α-hetero) is 1. The number of ketones is 1.